The Bertz CT molecular complexity index is 1350. The van der Waals surface area contributed by atoms with Gasteiger partial charge in [0.2, 0.25) is 10.0 Å². The minimum atomic E-state index is -4.51. The van der Waals surface area contributed by atoms with Crippen molar-refractivity contribution in [1.29, 1.82) is 0 Å². The molecule has 2 N–H and O–H groups in total. The van der Waals surface area contributed by atoms with Gasteiger partial charge in [0.25, 0.3) is 5.91 Å². The van der Waals surface area contributed by atoms with E-state index in [1.165, 1.54) is 18.2 Å². The van der Waals surface area contributed by atoms with Crippen molar-refractivity contribution in [2.45, 2.75) is 25.1 Å². The average Bonchev–Trinajstić information content (AvgIpc) is 3.12. The quantitative estimate of drug-likeness (QED) is 0.504. The summed E-state index contributed by atoms with van der Waals surface area (Å²) < 4.78 is 78.1. The van der Waals surface area contributed by atoms with E-state index in [0.717, 1.165) is 41.6 Å². The smallest absolute Gasteiger partial charge is 0.322 e. The van der Waals surface area contributed by atoms with Crippen molar-refractivity contribution in [3.63, 3.8) is 0 Å². The number of benzene rings is 3. The van der Waals surface area contributed by atoms with Crippen LogP contribution < -0.4 is 10.0 Å². The Labute approximate surface area is 193 Å². The van der Waals surface area contributed by atoms with Gasteiger partial charge >= 0.3 is 6.18 Å². The zero-order valence-corrected chi connectivity index (χ0v) is 18.7. The van der Waals surface area contributed by atoms with E-state index in [2.05, 4.69) is 10.0 Å². The van der Waals surface area contributed by atoms with Gasteiger partial charge in [0, 0.05) is 17.3 Å². The Morgan fingerprint density at radius 3 is 2.26 bits per heavy atom. The number of hydrogen-bond acceptors (Lipinski definition) is 3. The molecule has 0 saturated heterocycles. The van der Waals surface area contributed by atoms with E-state index in [9.17, 15) is 30.8 Å². The lowest BCUT2D eigenvalue weighted by Gasteiger charge is -2.13. The van der Waals surface area contributed by atoms with Crippen molar-refractivity contribution in [1.82, 2.24) is 4.72 Å². The highest BCUT2D eigenvalue weighted by molar-refractivity contribution is 7.88. The SMILES string of the molecule is CS(=O)(=O)NC1Cc2ccc(NC(=O)c3ccc(F)cc3-c3ccc(C(F)(F)F)cc3)cc2C1. The van der Waals surface area contributed by atoms with E-state index in [1.54, 1.807) is 18.2 Å². The third kappa shape index (κ3) is 5.45. The van der Waals surface area contributed by atoms with Gasteiger partial charge in [-0.05, 0) is 77.6 Å². The normalized spacial score (nSPS) is 15.7. The Balaban J connectivity index is 1.57. The van der Waals surface area contributed by atoms with Crippen molar-refractivity contribution >= 4 is 21.6 Å². The molecule has 0 fully saturated rings. The molecule has 1 amide bonds. The van der Waals surface area contributed by atoms with Crippen molar-refractivity contribution in [2.75, 3.05) is 11.6 Å². The van der Waals surface area contributed by atoms with E-state index in [-0.39, 0.29) is 22.7 Å². The lowest BCUT2D eigenvalue weighted by atomic mass is 9.97. The first kappa shape index (κ1) is 23.9. The maximum Gasteiger partial charge on any atom is 0.416 e. The van der Waals surface area contributed by atoms with E-state index < -0.39 is 33.5 Å². The summed E-state index contributed by atoms with van der Waals surface area (Å²) in [5, 5.41) is 2.74. The first-order valence-corrected chi connectivity index (χ1v) is 12.2. The number of nitrogens with one attached hydrogen (secondary N) is 2. The zero-order valence-electron chi connectivity index (χ0n) is 17.9. The highest BCUT2D eigenvalue weighted by Gasteiger charge is 2.30. The van der Waals surface area contributed by atoms with Crippen molar-refractivity contribution in [2.24, 2.45) is 0 Å². The van der Waals surface area contributed by atoms with Crippen LogP contribution in [0.25, 0.3) is 11.1 Å². The molecule has 0 spiro atoms. The van der Waals surface area contributed by atoms with Crippen molar-refractivity contribution in [3.8, 4) is 11.1 Å². The molecule has 0 bridgehead atoms. The molecule has 3 aromatic rings. The molecule has 4 rings (SSSR count). The molecule has 178 valence electrons. The second-order valence-corrected chi connectivity index (χ2v) is 9.98. The van der Waals surface area contributed by atoms with Gasteiger partial charge in [-0.3, -0.25) is 4.79 Å². The van der Waals surface area contributed by atoms with Gasteiger partial charge in [0.1, 0.15) is 5.82 Å². The summed E-state index contributed by atoms with van der Waals surface area (Å²) in [7, 11) is -3.35. The summed E-state index contributed by atoms with van der Waals surface area (Å²) >= 11 is 0. The summed E-state index contributed by atoms with van der Waals surface area (Å²) in [6.45, 7) is 0. The van der Waals surface area contributed by atoms with Gasteiger partial charge in [0.05, 0.1) is 11.8 Å². The molecule has 1 unspecified atom stereocenters. The molecule has 0 radical (unpaired) electrons. The van der Waals surface area contributed by atoms with Gasteiger partial charge < -0.3 is 5.32 Å². The number of carbonyl (C=O) groups is 1. The van der Waals surface area contributed by atoms with Gasteiger partial charge in [-0.25, -0.2) is 17.5 Å². The summed E-state index contributed by atoms with van der Waals surface area (Å²) in [4.78, 5) is 13.0. The van der Waals surface area contributed by atoms with Gasteiger partial charge in [-0.2, -0.15) is 13.2 Å². The van der Waals surface area contributed by atoms with Crippen LogP contribution in [-0.2, 0) is 29.0 Å². The van der Waals surface area contributed by atoms with E-state index in [4.69, 9.17) is 0 Å². The Hall–Kier alpha value is -3.24. The number of fused-ring (bicyclic) bond motifs is 1. The highest BCUT2D eigenvalue weighted by atomic mass is 32.2. The van der Waals surface area contributed by atoms with Crippen molar-refractivity contribution < 1.29 is 30.8 Å². The van der Waals surface area contributed by atoms with Gasteiger partial charge in [-0.15, -0.1) is 0 Å². The minimum absolute atomic E-state index is 0.0956. The fourth-order valence-corrected chi connectivity index (χ4v) is 4.84. The minimum Gasteiger partial charge on any atom is -0.322 e. The molecule has 1 atom stereocenters. The molecule has 10 heteroatoms. The van der Waals surface area contributed by atoms with E-state index >= 15 is 0 Å². The molecular formula is C24H20F4N2O3S. The third-order valence-electron chi connectivity index (χ3n) is 5.53. The number of anilines is 1. The predicted molar refractivity (Wildman–Crippen MR) is 120 cm³/mol. The maximum atomic E-state index is 13.9. The molecule has 0 aromatic heterocycles. The molecule has 1 aliphatic carbocycles. The third-order valence-corrected chi connectivity index (χ3v) is 6.29. The second kappa shape index (κ2) is 8.84. The van der Waals surface area contributed by atoms with Crippen LogP contribution in [0.1, 0.15) is 27.0 Å². The number of amides is 1. The van der Waals surface area contributed by atoms with Crippen LogP contribution in [0.2, 0.25) is 0 Å². The Morgan fingerprint density at radius 1 is 0.941 bits per heavy atom. The number of alkyl halides is 3. The number of rotatable bonds is 5. The van der Waals surface area contributed by atoms with Crippen LogP contribution in [0, 0.1) is 5.82 Å². The second-order valence-electron chi connectivity index (χ2n) is 8.20. The molecular weight excluding hydrogens is 472 g/mol. The molecule has 5 nitrogen and oxygen atoms in total. The molecule has 0 heterocycles. The van der Waals surface area contributed by atoms with Crippen LogP contribution in [0.15, 0.2) is 60.7 Å². The molecule has 0 saturated carbocycles. The van der Waals surface area contributed by atoms with E-state index in [0.29, 0.717) is 18.5 Å². The largest absolute Gasteiger partial charge is 0.416 e. The highest BCUT2D eigenvalue weighted by Crippen LogP contribution is 2.33. The van der Waals surface area contributed by atoms with Crippen LogP contribution >= 0.6 is 0 Å². The lowest BCUT2D eigenvalue weighted by Crippen LogP contribution is -2.34. The zero-order chi connectivity index (χ0) is 24.7. The average molecular weight is 492 g/mol. The fraction of sp³-hybridized carbons (Fsp3) is 0.208. The van der Waals surface area contributed by atoms with Gasteiger partial charge in [0.15, 0.2) is 0 Å². The number of sulfonamides is 1. The summed E-state index contributed by atoms with van der Waals surface area (Å²) in [6, 6.07) is 12.6. The first-order chi connectivity index (χ1) is 15.9. The molecule has 0 aliphatic heterocycles. The lowest BCUT2D eigenvalue weighted by molar-refractivity contribution is -0.137. The monoisotopic (exact) mass is 492 g/mol. The Morgan fingerprint density at radius 2 is 1.62 bits per heavy atom. The van der Waals surface area contributed by atoms with Crippen LogP contribution in [0.3, 0.4) is 0 Å². The Kier molecular flexibility index (Phi) is 6.22. The molecule has 1 aliphatic rings. The van der Waals surface area contributed by atoms with Gasteiger partial charge in [-0.1, -0.05) is 18.2 Å². The number of halogens is 4. The first-order valence-electron chi connectivity index (χ1n) is 10.3. The topological polar surface area (TPSA) is 75.3 Å². The maximum absolute atomic E-state index is 13.9. The molecule has 3 aromatic carbocycles. The fourth-order valence-electron chi connectivity index (χ4n) is 4.07. The summed E-state index contributed by atoms with van der Waals surface area (Å²) in [5.74, 6) is -1.19. The van der Waals surface area contributed by atoms with Crippen molar-refractivity contribution in [3.05, 3.63) is 88.7 Å². The summed E-state index contributed by atoms with van der Waals surface area (Å²) in [6.07, 6.45) is -2.41. The molecule has 34 heavy (non-hydrogen) atoms. The van der Waals surface area contributed by atoms with E-state index in [1.807, 2.05) is 0 Å². The number of carbonyl (C=O) groups excluding carboxylic acids is 1. The standard InChI is InChI=1S/C24H20F4N2O3S/c1-34(32,33)30-20-10-15-4-8-19(11-16(15)12-20)29-23(31)21-9-7-18(25)13-22(21)14-2-5-17(6-3-14)24(26,27)28/h2-9,11,13,20,30H,10,12H2,1H3,(H,29,31). The number of hydrogen-bond donors (Lipinski definition) is 2. The van der Waals surface area contributed by atoms with Crippen LogP contribution in [0.4, 0.5) is 23.2 Å². The van der Waals surface area contributed by atoms with Crippen LogP contribution in [0.5, 0.6) is 0 Å². The van der Waals surface area contributed by atoms with Crippen LogP contribution in [-0.4, -0.2) is 26.6 Å². The summed E-state index contributed by atoms with van der Waals surface area (Å²) in [5.41, 5.74) is 1.99. The predicted octanol–water partition coefficient (Wildman–Crippen LogP) is 4.78.